The fourth-order valence-corrected chi connectivity index (χ4v) is 5.29. The van der Waals surface area contributed by atoms with Crippen molar-refractivity contribution in [2.24, 2.45) is 5.41 Å². The number of ketones is 1. The van der Waals surface area contributed by atoms with Gasteiger partial charge in [-0.3, -0.25) is 9.59 Å². The number of anilines is 1. The number of ether oxygens (including phenoxy) is 2. The molecule has 0 saturated heterocycles. The predicted octanol–water partition coefficient (Wildman–Crippen LogP) is 4.01. The van der Waals surface area contributed by atoms with Crippen molar-refractivity contribution in [1.82, 2.24) is 5.32 Å². The summed E-state index contributed by atoms with van der Waals surface area (Å²) in [6.07, 6.45) is 1.46. The maximum absolute atomic E-state index is 13.5. The number of hydrogen-bond acceptors (Lipinski definition) is 5. The molecule has 1 heterocycles. The Bertz CT molecular complexity index is 1140. The van der Waals surface area contributed by atoms with Crippen molar-refractivity contribution in [2.75, 3.05) is 18.5 Å². The molecule has 2 aromatic rings. The fourth-order valence-electron chi connectivity index (χ4n) is 5.17. The molecule has 2 aromatic carbocycles. The molecular weight excluding hydrogens is 461 g/mol. The first-order chi connectivity index (χ1) is 15.7. The van der Waals surface area contributed by atoms with E-state index in [2.05, 4.69) is 10.6 Å². The number of Topliss-reactive ketones (excluding diaryl/α,β-unsaturated/α-hetero) is 1. The van der Waals surface area contributed by atoms with Crippen LogP contribution in [0.1, 0.15) is 25.7 Å². The van der Waals surface area contributed by atoms with Crippen LogP contribution in [0.4, 0.5) is 18.9 Å². The van der Waals surface area contributed by atoms with E-state index < -0.39 is 23.6 Å². The third-order valence-electron chi connectivity index (χ3n) is 6.45. The molecule has 33 heavy (non-hydrogen) atoms. The summed E-state index contributed by atoms with van der Waals surface area (Å²) in [5.74, 6) is -2.78. The quantitative estimate of drug-likeness (QED) is 0.626. The van der Waals surface area contributed by atoms with Gasteiger partial charge in [0, 0.05) is 30.2 Å². The van der Waals surface area contributed by atoms with Crippen molar-refractivity contribution in [3.05, 3.63) is 52.8 Å². The molecule has 174 valence electrons. The van der Waals surface area contributed by atoms with E-state index in [-0.39, 0.29) is 52.3 Å². The average molecular weight is 481 g/mol. The summed E-state index contributed by atoms with van der Waals surface area (Å²) in [6, 6.07) is 5.90. The second-order valence-electron chi connectivity index (χ2n) is 9.13. The zero-order valence-corrected chi connectivity index (χ0v) is 18.1. The number of carbonyl (C=O) groups is 2. The van der Waals surface area contributed by atoms with Crippen LogP contribution < -0.4 is 20.1 Å². The van der Waals surface area contributed by atoms with E-state index in [9.17, 15) is 22.8 Å². The average Bonchev–Trinajstić information content (AvgIpc) is 2.72. The molecule has 3 fully saturated rings. The number of hydrogen-bond donors (Lipinski definition) is 2. The lowest BCUT2D eigenvalue weighted by Crippen LogP contribution is -2.76. The van der Waals surface area contributed by atoms with Gasteiger partial charge >= 0.3 is 0 Å². The molecule has 0 aromatic heterocycles. The summed E-state index contributed by atoms with van der Waals surface area (Å²) in [5, 5.41) is 5.85. The Balaban J connectivity index is 1.09. The van der Waals surface area contributed by atoms with E-state index in [1.807, 2.05) is 0 Å². The third-order valence-corrected chi connectivity index (χ3v) is 6.76. The third kappa shape index (κ3) is 4.10. The van der Waals surface area contributed by atoms with E-state index in [0.717, 1.165) is 18.2 Å². The lowest BCUT2D eigenvalue weighted by atomic mass is 9.38. The van der Waals surface area contributed by atoms with Crippen LogP contribution >= 0.6 is 11.6 Å². The van der Waals surface area contributed by atoms with Crippen molar-refractivity contribution < 1.29 is 32.2 Å². The van der Waals surface area contributed by atoms with Crippen molar-refractivity contribution in [3.8, 4) is 11.5 Å². The SMILES string of the molecule is O=C(COc1ccc(Cl)c(F)c1)CC12CC(NC(=O)C3CNc4cc(F)c(F)cc4O3)(C1)C2. The number of carbonyl (C=O) groups excluding carboxylic acids is 2. The van der Waals surface area contributed by atoms with E-state index in [0.29, 0.717) is 31.4 Å². The predicted molar refractivity (Wildman–Crippen MR) is 113 cm³/mol. The number of fused-ring (bicyclic) bond motifs is 1. The summed E-state index contributed by atoms with van der Waals surface area (Å²) < 4.78 is 51.2. The van der Waals surface area contributed by atoms with Gasteiger partial charge in [-0.25, -0.2) is 13.2 Å². The summed E-state index contributed by atoms with van der Waals surface area (Å²) in [7, 11) is 0. The van der Waals surface area contributed by atoms with Gasteiger partial charge in [-0.05, 0) is 36.8 Å². The molecule has 1 amide bonds. The zero-order valence-electron chi connectivity index (χ0n) is 17.4. The minimum absolute atomic E-state index is 0.0189. The highest BCUT2D eigenvalue weighted by atomic mass is 35.5. The van der Waals surface area contributed by atoms with Gasteiger partial charge in [-0.1, -0.05) is 11.6 Å². The number of benzene rings is 2. The van der Waals surface area contributed by atoms with Crippen LogP contribution in [-0.2, 0) is 9.59 Å². The maximum Gasteiger partial charge on any atom is 0.263 e. The van der Waals surface area contributed by atoms with Gasteiger partial charge in [0.2, 0.25) is 0 Å². The second-order valence-corrected chi connectivity index (χ2v) is 9.54. The van der Waals surface area contributed by atoms with Crippen molar-refractivity contribution in [1.29, 1.82) is 0 Å². The molecule has 1 aliphatic heterocycles. The first kappa shape index (κ1) is 21.9. The molecule has 6 nitrogen and oxygen atoms in total. The fraction of sp³-hybridized carbons (Fsp3) is 0.391. The standard InChI is InChI=1S/C23H20ClF3N2O4/c24-14-2-1-13(3-15(14)25)32-8-12(30)6-22-9-23(10-22,11-22)29-21(31)20-7-28-18-4-16(26)17(27)5-19(18)33-20/h1-5,20,28H,6-11H2,(H,29,31). The van der Waals surface area contributed by atoms with Gasteiger partial charge in [0.25, 0.3) is 5.91 Å². The number of rotatable bonds is 7. The van der Waals surface area contributed by atoms with E-state index in [1.54, 1.807) is 0 Å². The van der Waals surface area contributed by atoms with Gasteiger partial charge in [0.15, 0.2) is 23.5 Å². The van der Waals surface area contributed by atoms with Crippen LogP contribution in [0.3, 0.4) is 0 Å². The Morgan fingerprint density at radius 3 is 2.58 bits per heavy atom. The highest BCUT2D eigenvalue weighted by molar-refractivity contribution is 6.30. The van der Waals surface area contributed by atoms with Crippen LogP contribution in [0.15, 0.2) is 30.3 Å². The second kappa shape index (κ2) is 7.83. The molecule has 1 unspecified atom stereocenters. The summed E-state index contributed by atoms with van der Waals surface area (Å²) >= 11 is 5.63. The topological polar surface area (TPSA) is 76.7 Å². The number of halogens is 4. The maximum atomic E-state index is 13.5. The number of nitrogens with one attached hydrogen (secondary N) is 2. The van der Waals surface area contributed by atoms with E-state index in [4.69, 9.17) is 21.1 Å². The molecule has 2 bridgehead atoms. The Morgan fingerprint density at radius 2 is 1.85 bits per heavy atom. The van der Waals surface area contributed by atoms with Crippen molar-refractivity contribution >= 4 is 29.0 Å². The monoisotopic (exact) mass is 480 g/mol. The summed E-state index contributed by atoms with van der Waals surface area (Å²) in [5.41, 5.74) is -0.225. The van der Waals surface area contributed by atoms with Gasteiger partial charge in [-0.15, -0.1) is 0 Å². The largest absolute Gasteiger partial charge is 0.486 e. The molecule has 0 spiro atoms. The van der Waals surface area contributed by atoms with Gasteiger partial charge < -0.3 is 20.1 Å². The first-order valence-electron chi connectivity index (χ1n) is 10.5. The normalized spacial score (nSPS) is 26.6. The molecule has 3 saturated carbocycles. The highest BCUT2D eigenvalue weighted by Gasteiger charge is 2.68. The lowest BCUT2D eigenvalue weighted by molar-refractivity contribution is -0.175. The minimum atomic E-state index is -1.05. The molecule has 10 heteroatoms. The molecular formula is C23H20ClF3N2O4. The molecule has 3 aliphatic carbocycles. The molecule has 1 atom stereocenters. The van der Waals surface area contributed by atoms with Crippen LogP contribution in [0.2, 0.25) is 5.02 Å². The highest BCUT2D eigenvalue weighted by Crippen LogP contribution is 2.69. The Kier molecular flexibility index (Phi) is 5.19. The van der Waals surface area contributed by atoms with Gasteiger partial charge in [0.1, 0.15) is 23.9 Å². The van der Waals surface area contributed by atoms with Crippen LogP contribution in [0.25, 0.3) is 0 Å². The van der Waals surface area contributed by atoms with Gasteiger partial charge in [-0.2, -0.15) is 0 Å². The first-order valence-corrected chi connectivity index (χ1v) is 10.8. The lowest BCUT2D eigenvalue weighted by Gasteiger charge is -2.70. The van der Waals surface area contributed by atoms with Crippen LogP contribution in [0, 0.1) is 22.9 Å². The molecule has 2 N–H and O–H groups in total. The van der Waals surface area contributed by atoms with Crippen LogP contribution in [0.5, 0.6) is 11.5 Å². The minimum Gasteiger partial charge on any atom is -0.486 e. The number of amides is 1. The van der Waals surface area contributed by atoms with Crippen LogP contribution in [-0.4, -0.2) is 36.5 Å². The molecule has 4 aliphatic rings. The van der Waals surface area contributed by atoms with E-state index >= 15 is 0 Å². The van der Waals surface area contributed by atoms with Gasteiger partial charge in [0.05, 0.1) is 17.3 Å². The Labute approximate surface area is 192 Å². The molecule has 0 radical (unpaired) electrons. The molecule has 6 rings (SSSR count). The zero-order chi connectivity index (χ0) is 23.4. The van der Waals surface area contributed by atoms with Crippen molar-refractivity contribution in [2.45, 2.75) is 37.3 Å². The smallest absolute Gasteiger partial charge is 0.263 e. The summed E-state index contributed by atoms with van der Waals surface area (Å²) in [6.45, 7) is -0.0351. The Morgan fingerprint density at radius 1 is 1.12 bits per heavy atom. The Hall–Kier alpha value is -2.94. The van der Waals surface area contributed by atoms with Crippen molar-refractivity contribution in [3.63, 3.8) is 0 Å². The summed E-state index contributed by atoms with van der Waals surface area (Å²) in [4.78, 5) is 25.0. The van der Waals surface area contributed by atoms with E-state index in [1.165, 1.54) is 12.1 Å².